The Bertz CT molecular complexity index is 602. The molecule has 110 valence electrons. The average molecular weight is 299 g/mol. The lowest BCUT2D eigenvalue weighted by Gasteiger charge is -2.17. The van der Waals surface area contributed by atoms with Gasteiger partial charge in [-0.2, -0.15) is 0 Å². The van der Waals surface area contributed by atoms with Gasteiger partial charge in [0.25, 0.3) is 5.69 Å². The van der Waals surface area contributed by atoms with Crippen LogP contribution >= 0.6 is 0 Å². The SMILES string of the molecule is NC1CCCC1NS(=O)(=O)Cc1ccccc1[N+](=O)[O-]. The third-order valence-corrected chi connectivity index (χ3v) is 4.79. The van der Waals surface area contributed by atoms with Crippen molar-refractivity contribution in [3.63, 3.8) is 0 Å². The quantitative estimate of drug-likeness (QED) is 0.619. The molecule has 7 nitrogen and oxygen atoms in total. The summed E-state index contributed by atoms with van der Waals surface area (Å²) in [5, 5.41) is 10.9. The molecule has 0 aliphatic heterocycles. The Labute approximate surface area is 117 Å². The van der Waals surface area contributed by atoms with Crippen molar-refractivity contribution in [2.45, 2.75) is 37.1 Å². The van der Waals surface area contributed by atoms with Crippen molar-refractivity contribution in [3.8, 4) is 0 Å². The number of para-hydroxylation sites is 1. The fourth-order valence-corrected chi connectivity index (χ4v) is 3.91. The first-order valence-corrected chi connectivity index (χ1v) is 8.02. The zero-order chi connectivity index (χ0) is 14.8. The number of nitrogens with two attached hydrogens (primary N) is 1. The number of nitrogens with zero attached hydrogens (tertiary/aromatic N) is 1. The first kappa shape index (κ1) is 14.9. The largest absolute Gasteiger partial charge is 0.326 e. The van der Waals surface area contributed by atoms with Crippen LogP contribution in [0.15, 0.2) is 24.3 Å². The van der Waals surface area contributed by atoms with Gasteiger partial charge in [0.2, 0.25) is 10.0 Å². The molecule has 0 aromatic heterocycles. The second-order valence-electron chi connectivity index (χ2n) is 4.96. The second-order valence-corrected chi connectivity index (χ2v) is 6.72. The lowest BCUT2D eigenvalue weighted by Crippen LogP contribution is -2.44. The van der Waals surface area contributed by atoms with E-state index in [4.69, 9.17) is 5.73 Å². The Hall–Kier alpha value is -1.51. The minimum Gasteiger partial charge on any atom is -0.326 e. The number of sulfonamides is 1. The van der Waals surface area contributed by atoms with Crippen LogP contribution in [-0.4, -0.2) is 25.4 Å². The third kappa shape index (κ3) is 3.53. The zero-order valence-corrected chi connectivity index (χ0v) is 11.7. The van der Waals surface area contributed by atoms with E-state index in [2.05, 4.69) is 4.72 Å². The maximum atomic E-state index is 12.1. The molecule has 0 amide bonds. The summed E-state index contributed by atoms with van der Waals surface area (Å²) in [7, 11) is -3.64. The smallest absolute Gasteiger partial charge is 0.273 e. The summed E-state index contributed by atoms with van der Waals surface area (Å²) in [4.78, 5) is 10.3. The fraction of sp³-hybridized carbons (Fsp3) is 0.500. The van der Waals surface area contributed by atoms with E-state index in [-0.39, 0.29) is 23.3 Å². The van der Waals surface area contributed by atoms with Crippen molar-refractivity contribution < 1.29 is 13.3 Å². The molecule has 2 unspecified atom stereocenters. The lowest BCUT2D eigenvalue weighted by atomic mass is 10.2. The normalized spacial score (nSPS) is 22.9. The molecule has 1 aliphatic rings. The molecule has 3 N–H and O–H groups in total. The molecule has 0 saturated heterocycles. The Kier molecular flexibility index (Phi) is 4.36. The van der Waals surface area contributed by atoms with Gasteiger partial charge < -0.3 is 5.73 Å². The van der Waals surface area contributed by atoms with Gasteiger partial charge in [-0.25, -0.2) is 13.1 Å². The summed E-state index contributed by atoms with van der Waals surface area (Å²) < 4.78 is 26.7. The van der Waals surface area contributed by atoms with Crippen molar-refractivity contribution in [3.05, 3.63) is 39.9 Å². The first-order valence-electron chi connectivity index (χ1n) is 6.37. The van der Waals surface area contributed by atoms with Gasteiger partial charge >= 0.3 is 0 Å². The summed E-state index contributed by atoms with van der Waals surface area (Å²) >= 11 is 0. The monoisotopic (exact) mass is 299 g/mol. The highest BCUT2D eigenvalue weighted by atomic mass is 32.2. The lowest BCUT2D eigenvalue weighted by molar-refractivity contribution is -0.385. The van der Waals surface area contributed by atoms with Crippen molar-refractivity contribution in [1.82, 2.24) is 4.72 Å². The van der Waals surface area contributed by atoms with E-state index in [1.807, 2.05) is 0 Å². The molecule has 8 heteroatoms. The van der Waals surface area contributed by atoms with E-state index in [0.29, 0.717) is 6.42 Å². The molecule has 1 aromatic carbocycles. The Morgan fingerprint density at radius 1 is 1.35 bits per heavy atom. The maximum absolute atomic E-state index is 12.1. The molecule has 1 saturated carbocycles. The van der Waals surface area contributed by atoms with Crippen molar-refractivity contribution in [2.24, 2.45) is 5.73 Å². The highest BCUT2D eigenvalue weighted by Crippen LogP contribution is 2.22. The van der Waals surface area contributed by atoms with E-state index in [9.17, 15) is 18.5 Å². The van der Waals surface area contributed by atoms with Gasteiger partial charge in [0.15, 0.2) is 0 Å². The van der Waals surface area contributed by atoms with Gasteiger partial charge in [-0.3, -0.25) is 10.1 Å². The summed E-state index contributed by atoms with van der Waals surface area (Å²) in [5.74, 6) is -0.409. The van der Waals surface area contributed by atoms with Crippen LogP contribution in [0.2, 0.25) is 0 Å². The number of nitro benzene ring substituents is 1. The molecule has 1 aliphatic carbocycles. The number of hydrogen-bond donors (Lipinski definition) is 2. The minimum absolute atomic E-state index is 0.177. The molecule has 20 heavy (non-hydrogen) atoms. The van der Waals surface area contributed by atoms with E-state index >= 15 is 0 Å². The highest BCUT2D eigenvalue weighted by molar-refractivity contribution is 7.88. The van der Waals surface area contributed by atoms with Gasteiger partial charge in [0.05, 0.1) is 10.7 Å². The van der Waals surface area contributed by atoms with E-state index in [1.54, 1.807) is 6.07 Å². The molecular formula is C12H17N3O4S. The number of hydrogen-bond acceptors (Lipinski definition) is 5. The summed E-state index contributed by atoms with van der Waals surface area (Å²) in [6.45, 7) is 0. The molecule has 0 radical (unpaired) electrons. The maximum Gasteiger partial charge on any atom is 0.273 e. The van der Waals surface area contributed by atoms with E-state index in [1.165, 1.54) is 18.2 Å². The van der Waals surface area contributed by atoms with Crippen LogP contribution in [0.4, 0.5) is 5.69 Å². The van der Waals surface area contributed by atoms with Gasteiger partial charge in [-0.1, -0.05) is 24.6 Å². The molecule has 0 spiro atoms. The average Bonchev–Trinajstić information content (AvgIpc) is 2.74. The van der Waals surface area contributed by atoms with Gasteiger partial charge in [0.1, 0.15) is 0 Å². The second kappa shape index (κ2) is 5.86. The number of rotatable bonds is 5. The first-order chi connectivity index (χ1) is 9.39. The van der Waals surface area contributed by atoms with Gasteiger partial charge in [0, 0.05) is 23.7 Å². The highest BCUT2D eigenvalue weighted by Gasteiger charge is 2.29. The zero-order valence-electron chi connectivity index (χ0n) is 10.9. The number of nitrogens with one attached hydrogen (secondary N) is 1. The number of nitro groups is 1. The molecule has 2 rings (SSSR count). The van der Waals surface area contributed by atoms with Gasteiger partial charge in [-0.05, 0) is 12.8 Å². The van der Waals surface area contributed by atoms with Crippen LogP contribution in [0.1, 0.15) is 24.8 Å². The van der Waals surface area contributed by atoms with Crippen LogP contribution in [-0.2, 0) is 15.8 Å². The molecule has 2 atom stereocenters. The van der Waals surface area contributed by atoms with Crippen molar-refractivity contribution in [1.29, 1.82) is 0 Å². The standard InChI is InChI=1S/C12H17N3O4S/c13-10-5-3-6-11(10)14-20(18,19)8-9-4-1-2-7-12(9)15(16)17/h1-2,4,7,10-11,14H,3,5-6,8,13H2. The van der Waals surface area contributed by atoms with Crippen LogP contribution < -0.4 is 10.5 Å². The molecule has 1 fully saturated rings. The molecule has 0 heterocycles. The molecular weight excluding hydrogens is 282 g/mol. The number of benzene rings is 1. The topological polar surface area (TPSA) is 115 Å². The van der Waals surface area contributed by atoms with E-state index < -0.39 is 20.7 Å². The van der Waals surface area contributed by atoms with Crippen LogP contribution in [0, 0.1) is 10.1 Å². The van der Waals surface area contributed by atoms with Crippen LogP contribution in [0.5, 0.6) is 0 Å². The summed E-state index contributed by atoms with van der Waals surface area (Å²) in [6.07, 6.45) is 2.38. The Balaban J connectivity index is 2.14. The van der Waals surface area contributed by atoms with Crippen molar-refractivity contribution in [2.75, 3.05) is 0 Å². The fourth-order valence-electron chi connectivity index (χ4n) is 2.42. The predicted octanol–water partition coefficient (Wildman–Crippen LogP) is 0.894. The van der Waals surface area contributed by atoms with Crippen LogP contribution in [0.25, 0.3) is 0 Å². The summed E-state index contributed by atoms with van der Waals surface area (Å²) in [6, 6.07) is 5.38. The van der Waals surface area contributed by atoms with Gasteiger partial charge in [-0.15, -0.1) is 0 Å². The predicted molar refractivity (Wildman–Crippen MR) is 74.5 cm³/mol. The Morgan fingerprint density at radius 3 is 2.65 bits per heavy atom. The van der Waals surface area contributed by atoms with Crippen molar-refractivity contribution >= 4 is 15.7 Å². The Morgan fingerprint density at radius 2 is 2.05 bits per heavy atom. The van der Waals surface area contributed by atoms with E-state index in [0.717, 1.165) is 12.8 Å². The van der Waals surface area contributed by atoms with Crippen LogP contribution in [0.3, 0.4) is 0 Å². The molecule has 1 aromatic rings. The molecule has 0 bridgehead atoms. The summed E-state index contributed by atoms with van der Waals surface area (Å²) in [5.41, 5.74) is 5.81. The minimum atomic E-state index is -3.64. The third-order valence-electron chi connectivity index (χ3n) is 3.43.